The number of hydrogen-bond acceptors (Lipinski definition) is 4. The first-order chi connectivity index (χ1) is 9.07. The van der Waals surface area contributed by atoms with Crippen molar-refractivity contribution in [2.75, 3.05) is 31.6 Å². The minimum Gasteiger partial charge on any atom is -0.312 e. The molecule has 1 aliphatic heterocycles. The summed E-state index contributed by atoms with van der Waals surface area (Å²) in [6.45, 7) is 1.94. The minimum absolute atomic E-state index is 0.188. The first-order valence-electron chi connectivity index (χ1n) is 7.71. The van der Waals surface area contributed by atoms with Crippen LogP contribution in [0.1, 0.15) is 44.9 Å². The van der Waals surface area contributed by atoms with Crippen molar-refractivity contribution in [3.63, 3.8) is 0 Å². The highest BCUT2D eigenvalue weighted by atomic mass is 32.2. The van der Waals surface area contributed by atoms with Crippen molar-refractivity contribution < 1.29 is 8.42 Å². The van der Waals surface area contributed by atoms with E-state index >= 15 is 0 Å². The fraction of sp³-hybridized carbons (Fsp3) is 1.00. The molecule has 5 heteroatoms. The summed E-state index contributed by atoms with van der Waals surface area (Å²) in [5.41, 5.74) is 0. The van der Waals surface area contributed by atoms with Crippen molar-refractivity contribution in [3.8, 4) is 0 Å². The van der Waals surface area contributed by atoms with Gasteiger partial charge in [0, 0.05) is 25.2 Å². The predicted octanol–water partition coefficient (Wildman–Crippen LogP) is 1.42. The molecule has 0 aromatic heterocycles. The second kappa shape index (κ2) is 7.04. The molecule has 112 valence electrons. The Morgan fingerprint density at radius 1 is 1.11 bits per heavy atom. The van der Waals surface area contributed by atoms with Gasteiger partial charge in [-0.2, -0.15) is 0 Å². The number of sulfone groups is 1. The monoisotopic (exact) mass is 288 g/mol. The standard InChI is InChI=1S/C14H28N2O2S/c1-16(14-6-4-2-3-5-7-14)10-9-15-13-8-11-19(17,18)12-13/h13-15H,2-12H2,1H3. The molecule has 2 fully saturated rings. The molecular formula is C14H28N2O2S. The largest absolute Gasteiger partial charge is 0.312 e. The lowest BCUT2D eigenvalue weighted by Gasteiger charge is -2.27. The molecule has 0 aromatic carbocycles. The predicted molar refractivity (Wildman–Crippen MR) is 79.2 cm³/mol. The van der Waals surface area contributed by atoms with E-state index in [1.807, 2.05) is 0 Å². The maximum absolute atomic E-state index is 11.4. The van der Waals surface area contributed by atoms with Gasteiger partial charge in [-0.3, -0.25) is 0 Å². The van der Waals surface area contributed by atoms with Crippen molar-refractivity contribution in [3.05, 3.63) is 0 Å². The molecular weight excluding hydrogens is 260 g/mol. The maximum atomic E-state index is 11.4. The highest BCUT2D eigenvalue weighted by molar-refractivity contribution is 7.91. The first-order valence-corrected chi connectivity index (χ1v) is 9.53. The van der Waals surface area contributed by atoms with Crippen molar-refractivity contribution in [1.29, 1.82) is 0 Å². The van der Waals surface area contributed by atoms with Crippen LogP contribution in [0.15, 0.2) is 0 Å². The van der Waals surface area contributed by atoms with Crippen LogP contribution in [0.3, 0.4) is 0 Å². The zero-order valence-electron chi connectivity index (χ0n) is 12.1. The highest BCUT2D eigenvalue weighted by Gasteiger charge is 2.27. The smallest absolute Gasteiger partial charge is 0.151 e. The van der Waals surface area contributed by atoms with Gasteiger partial charge in [-0.25, -0.2) is 8.42 Å². The molecule has 0 aromatic rings. The molecule has 1 aliphatic carbocycles. The van der Waals surface area contributed by atoms with Crippen LogP contribution in [0.4, 0.5) is 0 Å². The Bertz CT molecular complexity index is 362. The van der Waals surface area contributed by atoms with E-state index in [1.165, 1.54) is 38.5 Å². The molecule has 2 rings (SSSR count). The SMILES string of the molecule is CN(CCNC1CCS(=O)(=O)C1)C1CCCCCC1. The lowest BCUT2D eigenvalue weighted by molar-refractivity contribution is 0.219. The number of nitrogens with zero attached hydrogens (tertiary/aromatic N) is 1. The Balaban J connectivity index is 1.64. The van der Waals surface area contributed by atoms with Gasteiger partial charge in [0.25, 0.3) is 0 Å². The van der Waals surface area contributed by atoms with Gasteiger partial charge in [0.1, 0.15) is 0 Å². The third-order valence-corrected chi connectivity index (χ3v) is 6.35. The minimum atomic E-state index is -2.75. The molecule has 1 N–H and O–H groups in total. The molecule has 0 spiro atoms. The summed E-state index contributed by atoms with van der Waals surface area (Å²) < 4.78 is 22.7. The quantitative estimate of drug-likeness (QED) is 0.777. The highest BCUT2D eigenvalue weighted by Crippen LogP contribution is 2.20. The Morgan fingerprint density at radius 2 is 1.79 bits per heavy atom. The topological polar surface area (TPSA) is 49.4 Å². The summed E-state index contributed by atoms with van der Waals surface area (Å²) >= 11 is 0. The lowest BCUT2D eigenvalue weighted by atomic mass is 10.1. The lowest BCUT2D eigenvalue weighted by Crippen LogP contribution is -2.40. The van der Waals surface area contributed by atoms with Gasteiger partial charge in [-0.1, -0.05) is 25.7 Å². The summed E-state index contributed by atoms with van der Waals surface area (Å²) in [6, 6.07) is 0.921. The van der Waals surface area contributed by atoms with Gasteiger partial charge in [0.2, 0.25) is 0 Å². The zero-order chi connectivity index (χ0) is 13.7. The van der Waals surface area contributed by atoms with E-state index in [-0.39, 0.29) is 6.04 Å². The summed E-state index contributed by atoms with van der Waals surface area (Å²) in [4.78, 5) is 2.46. The fourth-order valence-corrected chi connectivity index (χ4v) is 4.99. The Kier molecular flexibility index (Phi) is 5.66. The summed E-state index contributed by atoms with van der Waals surface area (Å²) in [6.07, 6.45) is 8.95. The van der Waals surface area contributed by atoms with Crippen molar-refractivity contribution in [2.24, 2.45) is 0 Å². The van der Waals surface area contributed by atoms with Crippen molar-refractivity contribution in [1.82, 2.24) is 10.2 Å². The van der Waals surface area contributed by atoms with E-state index in [0.717, 1.165) is 25.6 Å². The molecule has 19 heavy (non-hydrogen) atoms. The van der Waals surface area contributed by atoms with Crippen LogP contribution in [0.5, 0.6) is 0 Å². The Morgan fingerprint density at radius 3 is 2.37 bits per heavy atom. The molecule has 0 amide bonds. The van der Waals surface area contributed by atoms with E-state index in [9.17, 15) is 8.42 Å². The van der Waals surface area contributed by atoms with Crippen molar-refractivity contribution in [2.45, 2.75) is 57.0 Å². The average Bonchev–Trinajstić information content (AvgIpc) is 2.58. The number of nitrogens with one attached hydrogen (secondary N) is 1. The maximum Gasteiger partial charge on any atom is 0.151 e. The summed E-state index contributed by atoms with van der Waals surface area (Å²) in [5.74, 6) is 0.698. The third-order valence-electron chi connectivity index (χ3n) is 4.58. The molecule has 2 aliphatic rings. The fourth-order valence-electron chi connectivity index (χ4n) is 3.28. The van der Waals surface area contributed by atoms with Crippen LogP contribution in [-0.2, 0) is 9.84 Å². The van der Waals surface area contributed by atoms with Gasteiger partial charge in [0.05, 0.1) is 11.5 Å². The molecule has 1 saturated heterocycles. The number of rotatable bonds is 5. The Hall–Kier alpha value is -0.130. The van der Waals surface area contributed by atoms with Crippen LogP contribution >= 0.6 is 0 Å². The van der Waals surface area contributed by atoms with Gasteiger partial charge in [-0.15, -0.1) is 0 Å². The molecule has 0 bridgehead atoms. The van der Waals surface area contributed by atoms with Gasteiger partial charge in [-0.05, 0) is 26.3 Å². The van der Waals surface area contributed by atoms with Crippen LogP contribution in [0.2, 0.25) is 0 Å². The Labute approximate surface area is 117 Å². The molecule has 0 radical (unpaired) electrons. The van der Waals surface area contributed by atoms with Gasteiger partial charge in [0.15, 0.2) is 9.84 Å². The van der Waals surface area contributed by atoms with Crippen LogP contribution in [0.25, 0.3) is 0 Å². The van der Waals surface area contributed by atoms with Gasteiger partial charge >= 0.3 is 0 Å². The average molecular weight is 288 g/mol. The van der Waals surface area contributed by atoms with E-state index < -0.39 is 9.84 Å². The molecule has 1 saturated carbocycles. The van der Waals surface area contributed by atoms with Gasteiger partial charge < -0.3 is 10.2 Å². The zero-order valence-corrected chi connectivity index (χ0v) is 12.9. The molecule has 1 atom stereocenters. The second-order valence-electron chi connectivity index (χ2n) is 6.18. The summed E-state index contributed by atoms with van der Waals surface area (Å²) in [5, 5.41) is 3.40. The second-order valence-corrected chi connectivity index (χ2v) is 8.41. The number of hydrogen-bond donors (Lipinski definition) is 1. The van der Waals surface area contributed by atoms with Crippen LogP contribution in [-0.4, -0.2) is 57.0 Å². The van der Waals surface area contributed by atoms with E-state index in [1.54, 1.807) is 0 Å². The molecule has 1 unspecified atom stereocenters. The third kappa shape index (κ3) is 5.04. The molecule has 4 nitrogen and oxygen atoms in total. The van der Waals surface area contributed by atoms with E-state index in [4.69, 9.17) is 0 Å². The van der Waals surface area contributed by atoms with E-state index in [2.05, 4.69) is 17.3 Å². The van der Waals surface area contributed by atoms with Crippen LogP contribution in [0, 0.1) is 0 Å². The molecule has 1 heterocycles. The normalized spacial score (nSPS) is 28.6. The van der Waals surface area contributed by atoms with Crippen LogP contribution < -0.4 is 5.32 Å². The van der Waals surface area contributed by atoms with E-state index in [0.29, 0.717) is 11.5 Å². The number of likely N-dealkylation sites (N-methyl/N-ethyl adjacent to an activating group) is 1. The summed E-state index contributed by atoms with van der Waals surface area (Å²) in [7, 11) is -0.536. The van der Waals surface area contributed by atoms with Crippen molar-refractivity contribution >= 4 is 9.84 Å². The first kappa shape index (κ1) is 15.3.